The van der Waals surface area contributed by atoms with Crippen LogP contribution < -0.4 is 15.4 Å². The summed E-state index contributed by atoms with van der Waals surface area (Å²) in [4.78, 5) is 12.0. The van der Waals surface area contributed by atoms with Gasteiger partial charge in [0.25, 0.3) is 0 Å². The molecule has 2 N–H and O–H groups in total. The van der Waals surface area contributed by atoms with Crippen molar-refractivity contribution in [2.75, 3.05) is 12.4 Å². The second-order valence-electron chi connectivity index (χ2n) is 4.89. The van der Waals surface area contributed by atoms with Gasteiger partial charge in [0.15, 0.2) is 5.11 Å². The van der Waals surface area contributed by atoms with E-state index in [9.17, 15) is 4.79 Å². The molecule has 2 aromatic rings. The van der Waals surface area contributed by atoms with Gasteiger partial charge in [0, 0.05) is 22.7 Å². The van der Waals surface area contributed by atoms with Crippen LogP contribution in [0.2, 0.25) is 0 Å². The summed E-state index contributed by atoms with van der Waals surface area (Å²) < 4.78 is 7.71. The first-order chi connectivity index (χ1) is 12.0. The Bertz CT molecular complexity index is 792. The molecular weight excluding hydrogens is 408 g/mol. The van der Waals surface area contributed by atoms with E-state index >= 15 is 0 Å². The van der Waals surface area contributed by atoms with Gasteiger partial charge in [0.1, 0.15) is 5.75 Å². The van der Waals surface area contributed by atoms with E-state index in [0.717, 1.165) is 16.5 Å². The minimum Gasteiger partial charge on any atom is -0.496 e. The summed E-state index contributed by atoms with van der Waals surface area (Å²) in [5, 5.41) is 16.7. The molecule has 0 spiro atoms. The number of methoxy groups -OCH3 is 1. The van der Waals surface area contributed by atoms with Crippen LogP contribution in [0.3, 0.4) is 0 Å². The van der Waals surface area contributed by atoms with Crippen LogP contribution >= 0.6 is 28.1 Å². The van der Waals surface area contributed by atoms with Crippen LogP contribution in [0.5, 0.6) is 5.75 Å². The van der Waals surface area contributed by atoms with Crippen molar-refractivity contribution in [2.24, 2.45) is 0 Å². The molecule has 0 radical (unpaired) electrons. The number of nitrogens with one attached hydrogen (secondary N) is 2. The molecule has 0 unspecified atom stereocenters. The molecule has 1 aromatic carbocycles. The lowest BCUT2D eigenvalue weighted by molar-refractivity contribution is -0.115. The quantitative estimate of drug-likeness (QED) is 0.542. The van der Waals surface area contributed by atoms with E-state index in [1.165, 1.54) is 6.08 Å². The summed E-state index contributed by atoms with van der Waals surface area (Å²) in [6.07, 6.45) is 3.88. The smallest absolute Gasteiger partial charge is 0.250 e. The van der Waals surface area contributed by atoms with Crippen molar-refractivity contribution in [2.45, 2.75) is 19.9 Å². The van der Waals surface area contributed by atoms with Crippen LogP contribution in [0.25, 0.3) is 6.08 Å². The van der Waals surface area contributed by atoms with Crippen LogP contribution in [-0.2, 0) is 11.3 Å². The Labute approximate surface area is 158 Å². The van der Waals surface area contributed by atoms with Crippen molar-refractivity contribution in [3.05, 3.63) is 34.3 Å². The zero-order valence-corrected chi connectivity index (χ0v) is 16.1. The number of carbonyl (C=O) groups excluding carboxylic acids is 1. The summed E-state index contributed by atoms with van der Waals surface area (Å²) in [7, 11) is 1.57. The Kier molecular flexibility index (Phi) is 7.02. The van der Waals surface area contributed by atoms with Gasteiger partial charge in [-0.05, 0) is 53.3 Å². The van der Waals surface area contributed by atoms with E-state index in [1.54, 1.807) is 23.9 Å². The molecule has 1 heterocycles. The van der Waals surface area contributed by atoms with E-state index in [0.29, 0.717) is 18.2 Å². The summed E-state index contributed by atoms with van der Waals surface area (Å²) in [6.45, 7) is 2.65. The SMILES string of the molecule is CCCn1nnnc1NC(=S)NC(=O)C=Cc1cc(Br)ccc1OC. The number of anilines is 1. The van der Waals surface area contributed by atoms with Crippen molar-refractivity contribution >= 4 is 51.2 Å². The highest BCUT2D eigenvalue weighted by Gasteiger charge is 2.08. The lowest BCUT2D eigenvalue weighted by atomic mass is 10.2. The molecule has 132 valence electrons. The van der Waals surface area contributed by atoms with Gasteiger partial charge in [0.05, 0.1) is 7.11 Å². The van der Waals surface area contributed by atoms with E-state index in [1.807, 2.05) is 19.1 Å². The minimum atomic E-state index is -0.381. The number of tetrazole rings is 1. The van der Waals surface area contributed by atoms with E-state index in [-0.39, 0.29) is 11.0 Å². The molecule has 8 nitrogen and oxygen atoms in total. The van der Waals surface area contributed by atoms with Gasteiger partial charge >= 0.3 is 0 Å². The van der Waals surface area contributed by atoms with E-state index < -0.39 is 0 Å². The topological polar surface area (TPSA) is 94.0 Å². The zero-order chi connectivity index (χ0) is 18.2. The Morgan fingerprint density at radius 2 is 2.28 bits per heavy atom. The van der Waals surface area contributed by atoms with E-state index in [2.05, 4.69) is 42.1 Å². The molecule has 0 bridgehead atoms. The maximum atomic E-state index is 12.0. The number of aryl methyl sites for hydroxylation is 1. The summed E-state index contributed by atoms with van der Waals surface area (Å²) in [5.41, 5.74) is 0.762. The number of hydrogen-bond donors (Lipinski definition) is 2. The monoisotopic (exact) mass is 424 g/mol. The lowest BCUT2D eigenvalue weighted by Crippen LogP contribution is -2.33. The number of ether oxygens (including phenoxy) is 1. The van der Waals surface area contributed by atoms with Crippen LogP contribution in [0, 0.1) is 0 Å². The predicted octanol–water partition coefficient (Wildman–Crippen LogP) is 2.38. The third kappa shape index (κ3) is 5.61. The minimum absolute atomic E-state index is 0.114. The fraction of sp³-hybridized carbons (Fsp3) is 0.267. The highest BCUT2D eigenvalue weighted by atomic mass is 79.9. The van der Waals surface area contributed by atoms with Gasteiger partial charge in [-0.3, -0.25) is 15.4 Å². The second-order valence-corrected chi connectivity index (χ2v) is 6.21. The van der Waals surface area contributed by atoms with Gasteiger partial charge in [0.2, 0.25) is 11.9 Å². The number of amides is 1. The number of thiocarbonyl (C=S) groups is 1. The number of rotatable bonds is 6. The first-order valence-corrected chi connectivity index (χ1v) is 8.63. The largest absolute Gasteiger partial charge is 0.496 e. The number of benzene rings is 1. The molecule has 1 aromatic heterocycles. The molecule has 25 heavy (non-hydrogen) atoms. The molecule has 0 saturated heterocycles. The predicted molar refractivity (Wildman–Crippen MR) is 102 cm³/mol. The Morgan fingerprint density at radius 1 is 1.48 bits per heavy atom. The maximum Gasteiger partial charge on any atom is 0.250 e. The molecule has 1 amide bonds. The molecule has 2 rings (SSSR count). The maximum absolute atomic E-state index is 12.0. The van der Waals surface area contributed by atoms with Gasteiger partial charge in [-0.15, -0.1) is 0 Å². The number of aromatic nitrogens is 4. The molecule has 10 heteroatoms. The van der Waals surface area contributed by atoms with Crippen molar-refractivity contribution < 1.29 is 9.53 Å². The van der Waals surface area contributed by atoms with Gasteiger partial charge < -0.3 is 4.74 Å². The highest BCUT2D eigenvalue weighted by molar-refractivity contribution is 9.10. The summed E-state index contributed by atoms with van der Waals surface area (Å²) in [6, 6.07) is 5.51. The van der Waals surface area contributed by atoms with Crippen LogP contribution in [0.1, 0.15) is 18.9 Å². The van der Waals surface area contributed by atoms with Gasteiger partial charge in [-0.25, -0.2) is 4.68 Å². The van der Waals surface area contributed by atoms with Crippen molar-refractivity contribution in [3.8, 4) is 5.75 Å². The van der Waals surface area contributed by atoms with Crippen molar-refractivity contribution in [1.29, 1.82) is 0 Å². The fourth-order valence-electron chi connectivity index (χ4n) is 1.94. The first kappa shape index (κ1) is 19.0. The highest BCUT2D eigenvalue weighted by Crippen LogP contribution is 2.23. The summed E-state index contributed by atoms with van der Waals surface area (Å²) >= 11 is 8.49. The molecule has 0 atom stereocenters. The van der Waals surface area contributed by atoms with Crippen molar-refractivity contribution in [1.82, 2.24) is 25.5 Å². The molecule has 0 aliphatic heterocycles. The number of hydrogen-bond acceptors (Lipinski definition) is 6. The number of halogens is 1. The van der Waals surface area contributed by atoms with Gasteiger partial charge in [-0.2, -0.15) is 0 Å². The number of nitrogens with zero attached hydrogens (tertiary/aromatic N) is 4. The normalized spacial score (nSPS) is 10.7. The molecule has 0 saturated carbocycles. The Balaban J connectivity index is 1.96. The van der Waals surface area contributed by atoms with Crippen LogP contribution in [0.4, 0.5) is 5.95 Å². The number of carbonyl (C=O) groups is 1. The van der Waals surface area contributed by atoms with E-state index in [4.69, 9.17) is 17.0 Å². The van der Waals surface area contributed by atoms with Crippen LogP contribution in [0.15, 0.2) is 28.7 Å². The molecule has 0 aliphatic rings. The Morgan fingerprint density at radius 3 is 3.00 bits per heavy atom. The lowest BCUT2D eigenvalue weighted by Gasteiger charge is -2.08. The first-order valence-electron chi connectivity index (χ1n) is 7.43. The summed E-state index contributed by atoms with van der Waals surface area (Å²) in [5.74, 6) is 0.658. The fourth-order valence-corrected chi connectivity index (χ4v) is 2.51. The van der Waals surface area contributed by atoms with Crippen LogP contribution in [-0.4, -0.2) is 38.3 Å². The average molecular weight is 425 g/mol. The third-order valence-electron chi connectivity index (χ3n) is 3.04. The van der Waals surface area contributed by atoms with Crippen molar-refractivity contribution in [3.63, 3.8) is 0 Å². The molecule has 0 fully saturated rings. The Hall–Kier alpha value is -2.33. The second kappa shape index (κ2) is 9.23. The standard InChI is InChI=1S/C15H17BrN6O2S/c1-3-8-22-14(19-20-21-22)18-15(25)17-13(23)7-4-10-9-11(16)5-6-12(10)24-2/h4-7,9H,3,8H2,1-2H3,(H2,17,18,19,21,23,25). The molecule has 0 aliphatic carbocycles. The molecular formula is C15H17BrN6O2S. The average Bonchev–Trinajstić information content (AvgIpc) is 3.00. The third-order valence-corrected chi connectivity index (χ3v) is 3.73. The zero-order valence-electron chi connectivity index (χ0n) is 13.7. The van der Waals surface area contributed by atoms with Gasteiger partial charge in [-0.1, -0.05) is 28.0 Å².